The monoisotopic (exact) mass is 528 g/mol. The van der Waals surface area contributed by atoms with E-state index in [2.05, 4.69) is 128 Å². The van der Waals surface area contributed by atoms with Gasteiger partial charge in [-0.3, -0.25) is 0 Å². The Balaban J connectivity index is 1.31. The molecule has 0 unspecified atom stereocenters. The van der Waals surface area contributed by atoms with Crippen LogP contribution in [0, 0.1) is 0 Å². The molecule has 0 atom stereocenters. The predicted molar refractivity (Wildman–Crippen MR) is 169 cm³/mol. The van der Waals surface area contributed by atoms with Crippen LogP contribution in [-0.4, -0.2) is 4.98 Å². The van der Waals surface area contributed by atoms with Crippen molar-refractivity contribution in [2.45, 2.75) is 19.3 Å². The third-order valence-corrected chi connectivity index (χ3v) is 8.47. The Morgan fingerprint density at radius 3 is 2.15 bits per heavy atom. The first-order chi connectivity index (χ1) is 20.1. The normalized spacial score (nSPS) is 13.3. The lowest BCUT2D eigenvalue weighted by Crippen LogP contribution is -2.16. The van der Waals surface area contributed by atoms with Crippen LogP contribution in [0.3, 0.4) is 0 Å². The van der Waals surface area contributed by atoms with Crippen LogP contribution >= 0.6 is 0 Å². The summed E-state index contributed by atoms with van der Waals surface area (Å²) >= 11 is 0. The van der Waals surface area contributed by atoms with E-state index in [1.165, 1.54) is 33.0 Å². The van der Waals surface area contributed by atoms with Gasteiger partial charge in [0.1, 0.15) is 5.52 Å². The summed E-state index contributed by atoms with van der Waals surface area (Å²) in [6.07, 6.45) is 0. The van der Waals surface area contributed by atoms with Gasteiger partial charge in [0.25, 0.3) is 0 Å². The van der Waals surface area contributed by atoms with Crippen LogP contribution in [-0.2, 0) is 5.41 Å². The minimum absolute atomic E-state index is 0.186. The van der Waals surface area contributed by atoms with Crippen molar-refractivity contribution in [1.82, 2.24) is 4.98 Å². The molecule has 7 aromatic rings. The molecule has 0 spiro atoms. The highest BCUT2D eigenvalue weighted by Crippen LogP contribution is 2.53. The van der Waals surface area contributed by atoms with Crippen molar-refractivity contribution >= 4 is 38.9 Å². The number of oxazole rings is 1. The van der Waals surface area contributed by atoms with E-state index in [0.29, 0.717) is 5.89 Å². The highest BCUT2D eigenvalue weighted by atomic mass is 16.3. The number of nitrogens with zero attached hydrogens (tertiary/aromatic N) is 2. The van der Waals surface area contributed by atoms with E-state index in [1.807, 2.05) is 24.3 Å². The highest BCUT2D eigenvalue weighted by molar-refractivity contribution is 5.94. The average molecular weight is 529 g/mol. The number of rotatable bonds is 4. The summed E-state index contributed by atoms with van der Waals surface area (Å²) in [5, 5.41) is 2.46. The number of anilines is 3. The number of benzene rings is 6. The van der Waals surface area contributed by atoms with E-state index in [0.717, 1.165) is 33.7 Å². The second kappa shape index (κ2) is 8.94. The number of fused-ring (bicyclic) bond motifs is 5. The van der Waals surface area contributed by atoms with Crippen molar-refractivity contribution in [3.8, 4) is 22.6 Å². The van der Waals surface area contributed by atoms with Gasteiger partial charge in [-0.05, 0) is 87.6 Å². The van der Waals surface area contributed by atoms with Gasteiger partial charge in [0.2, 0.25) is 5.89 Å². The summed E-state index contributed by atoms with van der Waals surface area (Å²) in [6, 6.07) is 47.2. The molecule has 3 nitrogen and oxygen atoms in total. The second-order valence-corrected chi connectivity index (χ2v) is 11.3. The predicted octanol–water partition coefficient (Wildman–Crippen LogP) is 10.4. The first-order valence-electron chi connectivity index (χ1n) is 14.1. The third-order valence-electron chi connectivity index (χ3n) is 8.47. The lowest BCUT2D eigenvalue weighted by Gasteiger charge is -2.28. The average Bonchev–Trinajstić information content (AvgIpc) is 3.55. The maximum absolute atomic E-state index is 6.26. The Hall–Kier alpha value is -5.15. The standard InChI is InChI=1S/C38H28N2O/c1-38(2)32-16-10-15-31(37-39-34-17-8-9-18-35(34)41-37)36(32)30-22-21-29(24-33(30)38)40(27-13-4-3-5-14-27)28-20-19-25-11-6-7-12-26(25)23-28/h3-24H,1-2H3. The molecule has 0 radical (unpaired) electrons. The summed E-state index contributed by atoms with van der Waals surface area (Å²) in [4.78, 5) is 7.21. The smallest absolute Gasteiger partial charge is 0.227 e. The van der Waals surface area contributed by atoms with Crippen molar-refractivity contribution in [2.75, 3.05) is 4.90 Å². The number of hydrogen-bond donors (Lipinski definition) is 0. The zero-order valence-corrected chi connectivity index (χ0v) is 23.0. The van der Waals surface area contributed by atoms with Crippen LogP contribution in [0.4, 0.5) is 17.1 Å². The molecule has 8 rings (SSSR count). The molecule has 6 aromatic carbocycles. The molecular weight excluding hydrogens is 500 g/mol. The van der Waals surface area contributed by atoms with Crippen LogP contribution in [0.5, 0.6) is 0 Å². The molecule has 0 bridgehead atoms. The minimum Gasteiger partial charge on any atom is -0.436 e. The number of aromatic nitrogens is 1. The zero-order valence-electron chi connectivity index (χ0n) is 23.0. The number of hydrogen-bond acceptors (Lipinski definition) is 3. The molecule has 196 valence electrons. The van der Waals surface area contributed by atoms with Gasteiger partial charge in [0.05, 0.1) is 0 Å². The van der Waals surface area contributed by atoms with Crippen molar-refractivity contribution < 1.29 is 4.42 Å². The molecule has 0 saturated carbocycles. The second-order valence-electron chi connectivity index (χ2n) is 11.3. The molecule has 1 aliphatic carbocycles. The molecule has 0 fully saturated rings. The van der Waals surface area contributed by atoms with Gasteiger partial charge in [-0.2, -0.15) is 0 Å². The Morgan fingerprint density at radius 1 is 0.561 bits per heavy atom. The topological polar surface area (TPSA) is 29.3 Å². The van der Waals surface area contributed by atoms with Crippen molar-refractivity contribution in [3.05, 3.63) is 145 Å². The van der Waals surface area contributed by atoms with E-state index >= 15 is 0 Å². The largest absolute Gasteiger partial charge is 0.436 e. The maximum atomic E-state index is 6.26. The zero-order chi connectivity index (χ0) is 27.6. The van der Waals surface area contributed by atoms with Crippen molar-refractivity contribution in [1.29, 1.82) is 0 Å². The van der Waals surface area contributed by atoms with Crippen LogP contribution in [0.2, 0.25) is 0 Å². The molecular formula is C38H28N2O. The lowest BCUT2D eigenvalue weighted by atomic mass is 9.82. The Morgan fingerprint density at radius 2 is 1.29 bits per heavy atom. The molecule has 1 aliphatic rings. The molecule has 0 N–H and O–H groups in total. The first kappa shape index (κ1) is 23.7. The lowest BCUT2D eigenvalue weighted by molar-refractivity contribution is 0.619. The Labute approximate surface area is 239 Å². The fourth-order valence-electron chi connectivity index (χ4n) is 6.42. The van der Waals surface area contributed by atoms with Crippen molar-refractivity contribution in [2.24, 2.45) is 0 Å². The van der Waals surface area contributed by atoms with Crippen LogP contribution in [0.1, 0.15) is 25.0 Å². The van der Waals surface area contributed by atoms with Gasteiger partial charge < -0.3 is 9.32 Å². The maximum Gasteiger partial charge on any atom is 0.227 e. The molecule has 1 heterocycles. The Bertz CT molecular complexity index is 2050. The van der Waals surface area contributed by atoms with Crippen molar-refractivity contribution in [3.63, 3.8) is 0 Å². The van der Waals surface area contributed by atoms with E-state index in [-0.39, 0.29) is 5.41 Å². The van der Waals surface area contributed by atoms with E-state index in [1.54, 1.807) is 0 Å². The van der Waals surface area contributed by atoms with Gasteiger partial charge in [0.15, 0.2) is 5.58 Å². The van der Waals surface area contributed by atoms with Crippen LogP contribution in [0.25, 0.3) is 44.5 Å². The summed E-state index contributed by atoms with van der Waals surface area (Å²) in [5.41, 5.74) is 11.0. The van der Waals surface area contributed by atoms with Gasteiger partial charge in [0, 0.05) is 28.0 Å². The quantitative estimate of drug-likeness (QED) is 0.228. The number of para-hydroxylation sites is 3. The first-order valence-corrected chi connectivity index (χ1v) is 14.1. The van der Waals surface area contributed by atoms with E-state index in [4.69, 9.17) is 9.40 Å². The molecule has 0 saturated heterocycles. The van der Waals surface area contributed by atoms with Gasteiger partial charge >= 0.3 is 0 Å². The third kappa shape index (κ3) is 3.70. The van der Waals surface area contributed by atoms with Crippen LogP contribution in [0.15, 0.2) is 138 Å². The molecule has 1 aromatic heterocycles. The molecule has 0 aliphatic heterocycles. The molecule has 0 amide bonds. The van der Waals surface area contributed by atoms with Crippen LogP contribution < -0.4 is 4.90 Å². The van der Waals surface area contributed by atoms with Gasteiger partial charge in [-0.15, -0.1) is 0 Å². The van der Waals surface area contributed by atoms with E-state index < -0.39 is 0 Å². The SMILES string of the molecule is CC1(C)c2cc(N(c3ccccc3)c3ccc4ccccc4c3)ccc2-c2c(-c3nc4ccccc4o3)cccc21. The minimum atomic E-state index is -0.186. The van der Waals surface area contributed by atoms with Gasteiger partial charge in [-0.25, -0.2) is 4.98 Å². The fraction of sp³-hybridized carbons (Fsp3) is 0.0789. The molecule has 41 heavy (non-hydrogen) atoms. The van der Waals surface area contributed by atoms with E-state index in [9.17, 15) is 0 Å². The summed E-state index contributed by atoms with van der Waals surface area (Å²) < 4.78 is 6.26. The molecule has 3 heteroatoms. The van der Waals surface area contributed by atoms with Gasteiger partial charge in [-0.1, -0.05) is 92.7 Å². The fourth-order valence-corrected chi connectivity index (χ4v) is 6.42. The highest BCUT2D eigenvalue weighted by Gasteiger charge is 2.38. The Kier molecular flexibility index (Phi) is 5.17. The summed E-state index contributed by atoms with van der Waals surface area (Å²) in [7, 11) is 0. The summed E-state index contributed by atoms with van der Waals surface area (Å²) in [5.74, 6) is 0.665. The summed E-state index contributed by atoms with van der Waals surface area (Å²) in [6.45, 7) is 4.64.